The first-order chi connectivity index (χ1) is 10.2. The summed E-state index contributed by atoms with van der Waals surface area (Å²) < 4.78 is 0. The Morgan fingerprint density at radius 3 is 2.67 bits per heavy atom. The first-order valence-corrected chi connectivity index (χ1v) is 8.95. The molecule has 1 atom stereocenters. The summed E-state index contributed by atoms with van der Waals surface area (Å²) in [5.41, 5.74) is 4.07. The van der Waals surface area contributed by atoms with E-state index in [0.717, 1.165) is 18.9 Å². The Labute approximate surface area is 133 Å². The van der Waals surface area contributed by atoms with Gasteiger partial charge < -0.3 is 10.6 Å². The molecule has 1 aromatic rings. The summed E-state index contributed by atoms with van der Waals surface area (Å²) in [5.74, 6) is 3.43. The highest BCUT2D eigenvalue weighted by Crippen LogP contribution is 2.16. The van der Waals surface area contributed by atoms with Crippen molar-refractivity contribution in [1.29, 1.82) is 0 Å². The first-order valence-electron chi connectivity index (χ1n) is 7.79. The Kier molecular flexibility index (Phi) is 6.43. The molecular formula is C17H27N3S. The number of hydrogen-bond donors (Lipinski definition) is 2. The molecule has 1 saturated heterocycles. The monoisotopic (exact) mass is 305 g/mol. The summed E-state index contributed by atoms with van der Waals surface area (Å²) in [6, 6.07) is 7.32. The van der Waals surface area contributed by atoms with Gasteiger partial charge in [0.1, 0.15) is 0 Å². The van der Waals surface area contributed by atoms with Crippen LogP contribution in [0.15, 0.2) is 23.2 Å². The second-order valence-corrected chi connectivity index (χ2v) is 6.95. The van der Waals surface area contributed by atoms with Gasteiger partial charge in [0.2, 0.25) is 0 Å². The normalized spacial score (nSPS) is 19.4. The third kappa shape index (κ3) is 5.62. The Morgan fingerprint density at radius 1 is 1.29 bits per heavy atom. The minimum Gasteiger partial charge on any atom is -0.356 e. The molecule has 0 amide bonds. The molecule has 0 radical (unpaired) electrons. The lowest BCUT2D eigenvalue weighted by Gasteiger charge is -2.24. The van der Waals surface area contributed by atoms with Crippen molar-refractivity contribution >= 4 is 17.7 Å². The summed E-state index contributed by atoms with van der Waals surface area (Å²) in [6.45, 7) is 5.23. The molecule has 1 aliphatic rings. The minimum absolute atomic E-state index is 0.566. The van der Waals surface area contributed by atoms with Gasteiger partial charge in [0.25, 0.3) is 0 Å². The van der Waals surface area contributed by atoms with Crippen molar-refractivity contribution < 1.29 is 0 Å². The predicted octanol–water partition coefficient (Wildman–Crippen LogP) is 2.91. The average Bonchev–Trinajstić information content (AvgIpc) is 2.46. The number of nitrogens with zero attached hydrogens (tertiary/aromatic N) is 1. The van der Waals surface area contributed by atoms with Gasteiger partial charge in [-0.15, -0.1) is 0 Å². The van der Waals surface area contributed by atoms with E-state index in [1.54, 1.807) is 0 Å². The second-order valence-electron chi connectivity index (χ2n) is 5.80. The lowest BCUT2D eigenvalue weighted by molar-refractivity contribution is 0.582. The zero-order valence-corrected chi connectivity index (χ0v) is 14.2. The Hall–Kier alpha value is -1.16. The van der Waals surface area contributed by atoms with Crippen molar-refractivity contribution in [1.82, 2.24) is 10.6 Å². The van der Waals surface area contributed by atoms with E-state index < -0.39 is 0 Å². The maximum atomic E-state index is 4.33. The fourth-order valence-corrected chi connectivity index (χ4v) is 3.85. The summed E-state index contributed by atoms with van der Waals surface area (Å²) >= 11 is 2.03. The number of thioether (sulfide) groups is 1. The highest BCUT2D eigenvalue weighted by atomic mass is 32.2. The third-order valence-electron chi connectivity index (χ3n) is 3.71. The van der Waals surface area contributed by atoms with Gasteiger partial charge in [0, 0.05) is 25.4 Å². The maximum Gasteiger partial charge on any atom is 0.191 e. The van der Waals surface area contributed by atoms with Crippen molar-refractivity contribution in [2.75, 3.05) is 25.1 Å². The topological polar surface area (TPSA) is 36.4 Å². The fourth-order valence-electron chi connectivity index (χ4n) is 2.78. The van der Waals surface area contributed by atoms with Crippen molar-refractivity contribution in [2.45, 2.75) is 39.2 Å². The molecule has 0 bridgehead atoms. The molecule has 3 nitrogen and oxygen atoms in total. The predicted molar refractivity (Wildman–Crippen MR) is 94.5 cm³/mol. The van der Waals surface area contributed by atoms with Gasteiger partial charge in [-0.25, -0.2) is 0 Å². The average molecular weight is 305 g/mol. The minimum atomic E-state index is 0.566. The molecule has 0 spiro atoms. The molecule has 0 saturated carbocycles. The zero-order chi connectivity index (χ0) is 15.1. The molecule has 116 valence electrons. The Bertz CT molecular complexity index is 459. The number of nitrogens with one attached hydrogen (secondary N) is 2. The largest absolute Gasteiger partial charge is 0.356 e. The quantitative estimate of drug-likeness (QED) is 0.663. The van der Waals surface area contributed by atoms with Crippen LogP contribution in [0.1, 0.15) is 29.5 Å². The van der Waals surface area contributed by atoms with Crippen LogP contribution in [-0.4, -0.2) is 37.1 Å². The lowest BCUT2D eigenvalue weighted by atomic mass is 10.1. The van der Waals surface area contributed by atoms with Crippen molar-refractivity contribution in [3.63, 3.8) is 0 Å². The highest BCUT2D eigenvalue weighted by Gasteiger charge is 2.14. The van der Waals surface area contributed by atoms with Gasteiger partial charge in [-0.2, -0.15) is 11.8 Å². The Morgan fingerprint density at radius 2 is 2.05 bits per heavy atom. The molecular weight excluding hydrogens is 278 g/mol. The van der Waals surface area contributed by atoms with E-state index in [4.69, 9.17) is 0 Å². The number of hydrogen-bond acceptors (Lipinski definition) is 2. The standard InChI is InChI=1S/C17H27N3S/c1-13-9-14(2)11-15(10-13)6-7-19-17(18-3)20-16-5-4-8-21-12-16/h9-11,16H,4-8,12H2,1-3H3,(H2,18,19,20). The van der Waals surface area contributed by atoms with Crippen LogP contribution < -0.4 is 10.6 Å². The molecule has 1 aromatic carbocycles. The molecule has 0 aliphatic carbocycles. The number of rotatable bonds is 4. The SMILES string of the molecule is CN=C(NCCc1cc(C)cc(C)c1)NC1CCCSC1. The number of aryl methyl sites for hydroxylation is 2. The van der Waals surface area contributed by atoms with Crippen molar-refractivity contribution in [3.05, 3.63) is 34.9 Å². The third-order valence-corrected chi connectivity index (χ3v) is 4.93. The van der Waals surface area contributed by atoms with E-state index in [9.17, 15) is 0 Å². The van der Waals surface area contributed by atoms with Gasteiger partial charge >= 0.3 is 0 Å². The highest BCUT2D eigenvalue weighted by molar-refractivity contribution is 7.99. The Balaban J connectivity index is 1.77. The van der Waals surface area contributed by atoms with Crippen LogP contribution in [0.2, 0.25) is 0 Å². The van der Waals surface area contributed by atoms with Crippen LogP contribution in [0, 0.1) is 13.8 Å². The van der Waals surface area contributed by atoms with Gasteiger partial charge in [0.15, 0.2) is 5.96 Å². The zero-order valence-electron chi connectivity index (χ0n) is 13.4. The molecule has 0 aromatic heterocycles. The summed E-state index contributed by atoms with van der Waals surface area (Å²) in [7, 11) is 1.85. The van der Waals surface area contributed by atoms with Gasteiger partial charge in [-0.05, 0) is 44.4 Å². The molecule has 1 heterocycles. The molecule has 2 rings (SSSR count). The van der Waals surface area contributed by atoms with Crippen LogP contribution in [0.4, 0.5) is 0 Å². The van der Waals surface area contributed by atoms with E-state index >= 15 is 0 Å². The van der Waals surface area contributed by atoms with E-state index in [0.29, 0.717) is 6.04 Å². The van der Waals surface area contributed by atoms with Crippen molar-refractivity contribution in [3.8, 4) is 0 Å². The van der Waals surface area contributed by atoms with E-state index in [2.05, 4.69) is 47.7 Å². The molecule has 1 aliphatic heterocycles. The van der Waals surface area contributed by atoms with E-state index in [-0.39, 0.29) is 0 Å². The first kappa shape index (κ1) is 16.2. The van der Waals surface area contributed by atoms with E-state index in [1.165, 1.54) is 41.0 Å². The number of guanidine groups is 1. The van der Waals surface area contributed by atoms with Gasteiger partial charge in [-0.1, -0.05) is 29.3 Å². The number of benzene rings is 1. The maximum absolute atomic E-state index is 4.33. The molecule has 1 unspecified atom stereocenters. The van der Waals surface area contributed by atoms with E-state index in [1.807, 2.05) is 18.8 Å². The molecule has 4 heteroatoms. The van der Waals surface area contributed by atoms with Crippen LogP contribution in [0.25, 0.3) is 0 Å². The molecule has 21 heavy (non-hydrogen) atoms. The van der Waals surface area contributed by atoms with Crippen LogP contribution in [0.5, 0.6) is 0 Å². The van der Waals surface area contributed by atoms with Gasteiger partial charge in [0.05, 0.1) is 0 Å². The smallest absolute Gasteiger partial charge is 0.191 e. The number of aliphatic imine (C=N–C) groups is 1. The molecule has 1 fully saturated rings. The second kappa shape index (κ2) is 8.32. The fraction of sp³-hybridized carbons (Fsp3) is 0.588. The van der Waals surface area contributed by atoms with Crippen LogP contribution in [-0.2, 0) is 6.42 Å². The van der Waals surface area contributed by atoms with Crippen LogP contribution in [0.3, 0.4) is 0 Å². The lowest BCUT2D eigenvalue weighted by Crippen LogP contribution is -2.46. The summed E-state index contributed by atoms with van der Waals surface area (Å²) in [4.78, 5) is 4.33. The van der Waals surface area contributed by atoms with Gasteiger partial charge in [-0.3, -0.25) is 4.99 Å². The van der Waals surface area contributed by atoms with Crippen LogP contribution >= 0.6 is 11.8 Å². The molecule has 2 N–H and O–H groups in total. The van der Waals surface area contributed by atoms with Crippen molar-refractivity contribution in [2.24, 2.45) is 4.99 Å². The summed E-state index contributed by atoms with van der Waals surface area (Å²) in [5, 5.41) is 6.97. The summed E-state index contributed by atoms with van der Waals surface area (Å²) in [6.07, 6.45) is 3.59.